The number of rotatable bonds is 2. The fourth-order valence-corrected chi connectivity index (χ4v) is 4.12. The lowest BCUT2D eigenvalue weighted by Crippen LogP contribution is -2.44. The predicted molar refractivity (Wildman–Crippen MR) is 77.2 cm³/mol. The van der Waals surface area contributed by atoms with Crippen molar-refractivity contribution in [2.75, 3.05) is 0 Å². The van der Waals surface area contributed by atoms with Crippen LogP contribution in [0.2, 0.25) is 0 Å². The van der Waals surface area contributed by atoms with Gasteiger partial charge in [0.2, 0.25) is 0 Å². The molecule has 0 saturated heterocycles. The summed E-state index contributed by atoms with van der Waals surface area (Å²) in [6.45, 7) is 1.38. The lowest BCUT2D eigenvalue weighted by Gasteiger charge is -2.38. The minimum atomic E-state index is -0.723. The van der Waals surface area contributed by atoms with Crippen molar-refractivity contribution in [2.45, 2.75) is 25.4 Å². The molecule has 1 aromatic carbocycles. The molecule has 0 aliphatic heterocycles. The van der Waals surface area contributed by atoms with Gasteiger partial charge >= 0.3 is 5.97 Å². The zero-order valence-electron chi connectivity index (χ0n) is 10.2. The molecular formula is C14H11BrO3S. The van der Waals surface area contributed by atoms with Gasteiger partial charge in [0.05, 0.1) is 17.7 Å². The number of carbonyl (C=O) groups is 2. The molecule has 1 fully saturated rings. The maximum Gasteiger partial charge on any atom is 0.303 e. The van der Waals surface area contributed by atoms with Crippen LogP contribution in [0.3, 0.4) is 0 Å². The SMILES string of the molecule is CC(=O)OC1(c2cc3ccc(Br)cc3s2)CC(=O)C1. The summed E-state index contributed by atoms with van der Waals surface area (Å²) in [5, 5.41) is 1.11. The predicted octanol–water partition coefficient (Wildman–Crippen LogP) is 3.79. The Labute approximate surface area is 122 Å². The summed E-state index contributed by atoms with van der Waals surface area (Å²) in [7, 11) is 0. The number of hydrogen-bond acceptors (Lipinski definition) is 4. The number of fused-ring (bicyclic) bond motifs is 1. The third-order valence-electron chi connectivity index (χ3n) is 3.24. The van der Waals surface area contributed by atoms with Crippen molar-refractivity contribution >= 4 is 49.1 Å². The molecule has 3 nitrogen and oxygen atoms in total. The molecule has 5 heteroatoms. The summed E-state index contributed by atoms with van der Waals surface area (Å²) in [5.74, 6) is -0.203. The lowest BCUT2D eigenvalue weighted by atomic mass is 9.77. The Balaban J connectivity index is 2.05. The molecule has 1 saturated carbocycles. The minimum Gasteiger partial charge on any atom is -0.453 e. The summed E-state index contributed by atoms with van der Waals surface area (Å²) in [6, 6.07) is 8.04. The molecule has 0 bridgehead atoms. The van der Waals surface area contributed by atoms with E-state index in [9.17, 15) is 9.59 Å². The van der Waals surface area contributed by atoms with Crippen LogP contribution >= 0.6 is 27.3 Å². The molecule has 1 aliphatic carbocycles. The molecule has 0 atom stereocenters. The van der Waals surface area contributed by atoms with Crippen molar-refractivity contribution in [2.24, 2.45) is 0 Å². The Bertz CT molecular complexity index is 681. The van der Waals surface area contributed by atoms with Crippen molar-refractivity contribution in [1.82, 2.24) is 0 Å². The highest BCUT2D eigenvalue weighted by Gasteiger charge is 2.49. The van der Waals surface area contributed by atoms with Gasteiger partial charge in [0.1, 0.15) is 5.78 Å². The molecule has 0 spiro atoms. The lowest BCUT2D eigenvalue weighted by molar-refractivity contribution is -0.172. The Morgan fingerprint density at radius 3 is 2.74 bits per heavy atom. The van der Waals surface area contributed by atoms with Crippen LogP contribution in [0.5, 0.6) is 0 Å². The van der Waals surface area contributed by atoms with Crippen LogP contribution < -0.4 is 0 Å². The number of halogens is 1. The van der Waals surface area contributed by atoms with Gasteiger partial charge in [-0.15, -0.1) is 11.3 Å². The van der Waals surface area contributed by atoms with Crippen molar-refractivity contribution in [3.8, 4) is 0 Å². The van der Waals surface area contributed by atoms with E-state index in [2.05, 4.69) is 15.9 Å². The molecule has 0 radical (unpaired) electrons. The van der Waals surface area contributed by atoms with Gasteiger partial charge < -0.3 is 4.74 Å². The fraction of sp³-hybridized carbons (Fsp3) is 0.286. The van der Waals surface area contributed by atoms with Gasteiger partial charge in [0, 0.05) is 16.1 Å². The summed E-state index contributed by atoms with van der Waals surface area (Å²) >= 11 is 5.02. The zero-order valence-corrected chi connectivity index (χ0v) is 12.6. The van der Waals surface area contributed by atoms with Gasteiger partial charge in [-0.05, 0) is 23.6 Å². The Morgan fingerprint density at radius 2 is 2.11 bits per heavy atom. The van der Waals surface area contributed by atoms with Gasteiger partial charge in [0.15, 0.2) is 5.60 Å². The normalized spacial score (nSPS) is 17.3. The average Bonchev–Trinajstić information content (AvgIpc) is 2.68. The fourth-order valence-electron chi connectivity index (χ4n) is 2.39. The first kappa shape index (κ1) is 12.8. The second kappa shape index (κ2) is 4.42. The van der Waals surface area contributed by atoms with Crippen molar-refractivity contribution in [1.29, 1.82) is 0 Å². The largest absolute Gasteiger partial charge is 0.453 e. The Kier molecular flexibility index (Phi) is 2.98. The summed E-state index contributed by atoms with van der Waals surface area (Å²) in [6.07, 6.45) is 0.584. The van der Waals surface area contributed by atoms with E-state index in [-0.39, 0.29) is 11.8 Å². The molecule has 19 heavy (non-hydrogen) atoms. The third-order valence-corrected chi connectivity index (χ3v) is 5.01. The van der Waals surface area contributed by atoms with E-state index in [1.54, 1.807) is 11.3 Å². The molecule has 0 unspecified atom stereocenters. The van der Waals surface area contributed by atoms with Crippen LogP contribution in [0, 0.1) is 0 Å². The number of thiophene rings is 1. The standard InChI is InChI=1S/C14H11BrO3S/c1-8(16)18-14(6-11(17)7-14)13-4-9-2-3-10(15)5-12(9)19-13/h2-5H,6-7H2,1H3. The van der Waals surface area contributed by atoms with E-state index in [4.69, 9.17) is 4.74 Å². The van der Waals surface area contributed by atoms with Crippen LogP contribution in [0.25, 0.3) is 10.1 Å². The van der Waals surface area contributed by atoms with Gasteiger partial charge in [-0.2, -0.15) is 0 Å². The monoisotopic (exact) mass is 338 g/mol. The number of ether oxygens (including phenoxy) is 1. The molecule has 1 aliphatic rings. The van der Waals surface area contributed by atoms with E-state index in [1.807, 2.05) is 24.3 Å². The van der Waals surface area contributed by atoms with E-state index < -0.39 is 5.60 Å². The molecular weight excluding hydrogens is 328 g/mol. The van der Waals surface area contributed by atoms with Crippen LogP contribution in [0.15, 0.2) is 28.7 Å². The number of ketones is 1. The highest BCUT2D eigenvalue weighted by atomic mass is 79.9. The smallest absolute Gasteiger partial charge is 0.303 e. The number of benzene rings is 1. The van der Waals surface area contributed by atoms with Crippen molar-refractivity contribution in [3.05, 3.63) is 33.6 Å². The number of esters is 1. The summed E-state index contributed by atoms with van der Waals surface area (Å²) in [5.41, 5.74) is -0.723. The summed E-state index contributed by atoms with van der Waals surface area (Å²) in [4.78, 5) is 23.6. The van der Waals surface area contributed by atoms with Gasteiger partial charge in [0.25, 0.3) is 0 Å². The van der Waals surface area contributed by atoms with Crippen molar-refractivity contribution in [3.63, 3.8) is 0 Å². The highest BCUT2D eigenvalue weighted by molar-refractivity contribution is 9.10. The highest BCUT2D eigenvalue weighted by Crippen LogP contribution is 2.47. The second-order valence-corrected chi connectivity index (χ2v) is 6.77. The number of Topliss-reactive ketones (excluding diaryl/α,β-unsaturated/α-hetero) is 1. The molecule has 1 heterocycles. The van der Waals surface area contributed by atoms with Crippen LogP contribution in [-0.4, -0.2) is 11.8 Å². The second-order valence-electron chi connectivity index (χ2n) is 4.77. The minimum absolute atomic E-state index is 0.139. The van der Waals surface area contributed by atoms with E-state index in [0.29, 0.717) is 12.8 Å². The molecule has 3 rings (SSSR count). The topological polar surface area (TPSA) is 43.4 Å². The van der Waals surface area contributed by atoms with Crippen LogP contribution in [0.4, 0.5) is 0 Å². The third kappa shape index (κ3) is 2.21. The van der Waals surface area contributed by atoms with Crippen LogP contribution in [-0.2, 0) is 19.9 Å². The first-order chi connectivity index (χ1) is 8.98. The first-order valence-electron chi connectivity index (χ1n) is 5.89. The van der Waals surface area contributed by atoms with Crippen molar-refractivity contribution < 1.29 is 14.3 Å². The maximum absolute atomic E-state index is 11.3. The molecule has 0 N–H and O–H groups in total. The van der Waals surface area contributed by atoms with Gasteiger partial charge in [-0.1, -0.05) is 22.0 Å². The van der Waals surface area contributed by atoms with Gasteiger partial charge in [-0.25, -0.2) is 0 Å². The number of carbonyl (C=O) groups excluding carboxylic acids is 2. The first-order valence-corrected chi connectivity index (χ1v) is 7.50. The molecule has 0 amide bonds. The quantitative estimate of drug-likeness (QED) is 0.782. The zero-order chi connectivity index (χ0) is 13.6. The summed E-state index contributed by atoms with van der Waals surface area (Å²) < 4.78 is 7.56. The van der Waals surface area contributed by atoms with E-state index >= 15 is 0 Å². The van der Waals surface area contributed by atoms with E-state index in [0.717, 1.165) is 19.4 Å². The van der Waals surface area contributed by atoms with E-state index in [1.165, 1.54) is 6.92 Å². The van der Waals surface area contributed by atoms with Crippen LogP contribution in [0.1, 0.15) is 24.6 Å². The Hall–Kier alpha value is -1.20. The molecule has 98 valence electrons. The Morgan fingerprint density at radius 1 is 1.37 bits per heavy atom. The maximum atomic E-state index is 11.3. The van der Waals surface area contributed by atoms with Gasteiger partial charge in [-0.3, -0.25) is 9.59 Å². The number of hydrogen-bond donors (Lipinski definition) is 0. The molecule has 1 aromatic heterocycles. The molecule has 2 aromatic rings. The average molecular weight is 339 g/mol.